The maximum absolute atomic E-state index is 13.0. The summed E-state index contributed by atoms with van der Waals surface area (Å²) >= 11 is 0. The average Bonchev–Trinajstić information content (AvgIpc) is 2.86. The van der Waals surface area contributed by atoms with Crippen LogP contribution in [0, 0.1) is 5.92 Å². The fraction of sp³-hybridized carbons (Fsp3) is 0.385. The summed E-state index contributed by atoms with van der Waals surface area (Å²) in [6.45, 7) is 5.09. The first-order valence-electron chi connectivity index (χ1n) is 11.4. The van der Waals surface area contributed by atoms with Gasteiger partial charge in [0.1, 0.15) is 24.7 Å². The van der Waals surface area contributed by atoms with Crippen molar-refractivity contribution in [3.63, 3.8) is 0 Å². The number of hydrogen-bond acceptors (Lipinski definition) is 6. The highest BCUT2D eigenvalue weighted by Gasteiger charge is 2.29. The molecule has 3 atom stereocenters. The Kier molecular flexibility index (Phi) is 10.7. The molecular weight excluding hydrogens is 450 g/mol. The van der Waals surface area contributed by atoms with Crippen LogP contribution in [0.25, 0.3) is 0 Å². The number of amides is 3. The summed E-state index contributed by atoms with van der Waals surface area (Å²) in [6, 6.07) is 15.5. The van der Waals surface area contributed by atoms with E-state index >= 15 is 0 Å². The molecule has 3 amide bonds. The molecule has 0 saturated carbocycles. The number of esters is 1. The smallest absolute Gasteiger partial charge is 0.408 e. The molecule has 0 bridgehead atoms. The van der Waals surface area contributed by atoms with E-state index in [1.807, 2.05) is 60.7 Å². The van der Waals surface area contributed by atoms with Crippen LogP contribution in [-0.2, 0) is 36.9 Å². The largest absolute Gasteiger partial charge is 0.467 e. The van der Waals surface area contributed by atoms with Crippen LogP contribution >= 0.6 is 0 Å². The molecule has 188 valence electrons. The predicted molar refractivity (Wildman–Crippen MR) is 130 cm³/mol. The van der Waals surface area contributed by atoms with Gasteiger partial charge in [-0.2, -0.15) is 0 Å². The van der Waals surface area contributed by atoms with Crippen LogP contribution in [0.5, 0.6) is 0 Å². The van der Waals surface area contributed by atoms with Gasteiger partial charge in [-0.05, 0) is 24.0 Å². The van der Waals surface area contributed by atoms with Crippen LogP contribution in [0.4, 0.5) is 4.79 Å². The van der Waals surface area contributed by atoms with Gasteiger partial charge in [0.25, 0.3) is 0 Å². The van der Waals surface area contributed by atoms with Crippen LogP contribution < -0.4 is 16.0 Å². The van der Waals surface area contributed by atoms with Crippen molar-refractivity contribution in [2.45, 2.75) is 51.9 Å². The van der Waals surface area contributed by atoms with Crippen LogP contribution in [-0.4, -0.2) is 49.1 Å². The average molecular weight is 484 g/mol. The van der Waals surface area contributed by atoms with E-state index in [0.29, 0.717) is 0 Å². The third-order valence-corrected chi connectivity index (χ3v) is 5.28. The van der Waals surface area contributed by atoms with Crippen molar-refractivity contribution in [2.75, 3.05) is 7.11 Å². The van der Waals surface area contributed by atoms with Gasteiger partial charge in [-0.3, -0.25) is 9.59 Å². The number of methoxy groups -OCH3 is 1. The van der Waals surface area contributed by atoms with Gasteiger partial charge in [0.05, 0.1) is 7.11 Å². The third-order valence-electron chi connectivity index (χ3n) is 5.28. The zero-order chi connectivity index (χ0) is 25.8. The number of carbonyl (C=O) groups excluding carboxylic acids is 4. The lowest BCUT2D eigenvalue weighted by atomic mass is 10.0. The van der Waals surface area contributed by atoms with Gasteiger partial charge in [0, 0.05) is 6.42 Å². The number of ether oxygens (including phenoxy) is 2. The molecule has 9 nitrogen and oxygen atoms in total. The van der Waals surface area contributed by atoms with Gasteiger partial charge >= 0.3 is 12.1 Å². The molecular formula is C26H33N3O6. The Morgan fingerprint density at radius 1 is 0.771 bits per heavy atom. The zero-order valence-electron chi connectivity index (χ0n) is 20.4. The lowest BCUT2D eigenvalue weighted by molar-refractivity contribution is -0.146. The molecule has 9 heteroatoms. The molecule has 0 aliphatic heterocycles. The highest BCUT2D eigenvalue weighted by Crippen LogP contribution is 2.07. The summed E-state index contributed by atoms with van der Waals surface area (Å²) in [4.78, 5) is 50.0. The number of carbonyl (C=O) groups is 4. The van der Waals surface area contributed by atoms with E-state index in [-0.39, 0.29) is 18.9 Å². The first kappa shape index (κ1) is 27.4. The minimum absolute atomic E-state index is 0.0509. The number of nitrogens with one attached hydrogen (secondary N) is 3. The summed E-state index contributed by atoms with van der Waals surface area (Å²) in [5.74, 6) is -1.89. The zero-order valence-corrected chi connectivity index (χ0v) is 20.4. The second-order valence-corrected chi connectivity index (χ2v) is 8.43. The van der Waals surface area contributed by atoms with Gasteiger partial charge in [0.2, 0.25) is 11.8 Å². The lowest BCUT2D eigenvalue weighted by Crippen LogP contribution is -2.56. The quantitative estimate of drug-likeness (QED) is 0.422. The first-order valence-corrected chi connectivity index (χ1v) is 11.4. The Bertz CT molecular complexity index is 981. The molecule has 0 saturated heterocycles. The van der Waals surface area contributed by atoms with Crippen LogP contribution in [0.2, 0.25) is 0 Å². The van der Waals surface area contributed by atoms with Crippen molar-refractivity contribution in [3.05, 3.63) is 71.8 Å². The highest BCUT2D eigenvalue weighted by atomic mass is 16.5. The number of rotatable bonds is 11. The maximum Gasteiger partial charge on any atom is 0.408 e. The van der Waals surface area contributed by atoms with E-state index in [0.717, 1.165) is 11.1 Å². The molecule has 3 N–H and O–H groups in total. The predicted octanol–water partition coefficient (Wildman–Crippen LogP) is 2.34. The van der Waals surface area contributed by atoms with Crippen molar-refractivity contribution in [2.24, 2.45) is 5.92 Å². The second kappa shape index (κ2) is 13.7. The standard InChI is InChI=1S/C26H33N3O6/c1-17(2)22(25(32)34-4)29-23(30)18(3)27-24(31)21(15-19-11-7-5-8-12-19)28-26(33)35-16-20-13-9-6-10-14-20/h5-14,17-18,21-22H,15-16H2,1-4H3,(H,27,31)(H,28,33)(H,29,30)/t18-,21-,22-/m0/s1. The van der Waals surface area contributed by atoms with Gasteiger partial charge in [-0.15, -0.1) is 0 Å². The second-order valence-electron chi connectivity index (χ2n) is 8.43. The van der Waals surface area contributed by atoms with Crippen molar-refractivity contribution in [1.82, 2.24) is 16.0 Å². The Hall–Kier alpha value is -3.88. The molecule has 35 heavy (non-hydrogen) atoms. The first-order chi connectivity index (χ1) is 16.7. The monoisotopic (exact) mass is 483 g/mol. The Morgan fingerprint density at radius 2 is 1.34 bits per heavy atom. The van der Waals surface area contributed by atoms with Gasteiger partial charge in [-0.25, -0.2) is 9.59 Å². The van der Waals surface area contributed by atoms with Gasteiger partial charge in [-0.1, -0.05) is 74.5 Å². The summed E-state index contributed by atoms with van der Waals surface area (Å²) in [5, 5.41) is 7.79. The van der Waals surface area contributed by atoms with E-state index in [1.165, 1.54) is 14.0 Å². The molecule has 0 heterocycles. The topological polar surface area (TPSA) is 123 Å². The van der Waals surface area contributed by atoms with Crippen molar-refractivity contribution >= 4 is 23.9 Å². The Morgan fingerprint density at radius 3 is 1.89 bits per heavy atom. The van der Waals surface area contributed by atoms with Crippen LogP contribution in [0.15, 0.2) is 60.7 Å². The van der Waals surface area contributed by atoms with Crippen LogP contribution in [0.3, 0.4) is 0 Å². The molecule has 0 fully saturated rings. The summed E-state index contributed by atoms with van der Waals surface area (Å²) < 4.78 is 9.99. The minimum Gasteiger partial charge on any atom is -0.467 e. The Balaban J connectivity index is 2.04. The van der Waals surface area contributed by atoms with Crippen molar-refractivity contribution in [3.8, 4) is 0 Å². The molecule has 0 radical (unpaired) electrons. The molecule has 0 aromatic heterocycles. The Labute approximate surface area is 205 Å². The normalized spacial score (nSPS) is 13.2. The van der Waals surface area contributed by atoms with E-state index in [1.54, 1.807) is 13.8 Å². The molecule has 2 rings (SSSR count). The number of hydrogen-bond donors (Lipinski definition) is 3. The molecule has 0 unspecified atom stereocenters. The molecule has 2 aromatic carbocycles. The molecule has 0 spiro atoms. The molecule has 0 aliphatic carbocycles. The maximum atomic E-state index is 13.0. The third kappa shape index (κ3) is 9.11. The lowest BCUT2D eigenvalue weighted by Gasteiger charge is -2.24. The SMILES string of the molecule is COC(=O)[C@@H](NC(=O)[C@H](C)NC(=O)[C@H](Cc1ccccc1)NC(=O)OCc1ccccc1)C(C)C. The number of benzene rings is 2. The summed E-state index contributed by atoms with van der Waals surface area (Å²) in [7, 11) is 1.24. The van der Waals surface area contributed by atoms with Gasteiger partial charge < -0.3 is 25.4 Å². The van der Waals surface area contributed by atoms with Crippen molar-refractivity contribution in [1.29, 1.82) is 0 Å². The van der Waals surface area contributed by atoms with Crippen molar-refractivity contribution < 1.29 is 28.7 Å². The fourth-order valence-electron chi connectivity index (χ4n) is 3.25. The van der Waals surface area contributed by atoms with E-state index in [2.05, 4.69) is 16.0 Å². The van der Waals surface area contributed by atoms with E-state index in [4.69, 9.17) is 9.47 Å². The minimum atomic E-state index is -0.988. The molecule has 0 aliphatic rings. The summed E-state index contributed by atoms with van der Waals surface area (Å²) in [6.07, 6.45) is -0.564. The highest BCUT2D eigenvalue weighted by molar-refractivity contribution is 5.93. The number of alkyl carbamates (subject to hydrolysis) is 1. The van der Waals surface area contributed by atoms with E-state index < -0.39 is 42.0 Å². The summed E-state index contributed by atoms with van der Waals surface area (Å²) in [5.41, 5.74) is 1.63. The van der Waals surface area contributed by atoms with Crippen LogP contribution in [0.1, 0.15) is 31.9 Å². The van der Waals surface area contributed by atoms with E-state index in [9.17, 15) is 19.2 Å². The fourth-order valence-corrected chi connectivity index (χ4v) is 3.25. The molecule has 2 aromatic rings. The van der Waals surface area contributed by atoms with Gasteiger partial charge in [0.15, 0.2) is 0 Å².